The molecule has 114 valence electrons. The Balaban J connectivity index is 1.86. The summed E-state index contributed by atoms with van der Waals surface area (Å²) in [5, 5.41) is 0. The largest absolute Gasteiger partial charge is 0.346 e. The Morgan fingerprint density at radius 2 is 1.90 bits per heavy atom. The highest BCUT2D eigenvalue weighted by atomic mass is 16.2. The second-order valence-electron chi connectivity index (χ2n) is 5.93. The molecule has 0 unspecified atom stereocenters. The van der Waals surface area contributed by atoms with Gasteiger partial charge in [0.1, 0.15) is 0 Å². The Morgan fingerprint density at radius 3 is 2.67 bits per heavy atom. The van der Waals surface area contributed by atoms with Crippen LogP contribution in [0.2, 0.25) is 0 Å². The smallest absolute Gasteiger partial charge is 0.222 e. The number of nitrogens with zero attached hydrogens (tertiary/aromatic N) is 1. The molecule has 0 N–H and O–H groups in total. The van der Waals surface area contributed by atoms with Gasteiger partial charge in [-0.2, -0.15) is 0 Å². The molecule has 1 amide bonds. The van der Waals surface area contributed by atoms with Gasteiger partial charge in [0.2, 0.25) is 5.91 Å². The lowest BCUT2D eigenvalue weighted by atomic mass is 10.0. The summed E-state index contributed by atoms with van der Waals surface area (Å²) in [6, 6.07) is 6.01. The molecule has 0 saturated carbocycles. The summed E-state index contributed by atoms with van der Waals surface area (Å²) < 4.78 is 0. The molecule has 1 aromatic rings. The number of unbranched alkanes of at least 4 members (excludes halogenated alkanes) is 1. The van der Waals surface area contributed by atoms with Crippen LogP contribution in [0.1, 0.15) is 60.5 Å². The molecule has 1 aromatic carbocycles. The summed E-state index contributed by atoms with van der Waals surface area (Å²) in [6.45, 7) is 2.89. The van der Waals surface area contributed by atoms with E-state index in [1.54, 1.807) is 4.90 Å². The lowest BCUT2D eigenvalue weighted by Gasteiger charge is -2.16. The van der Waals surface area contributed by atoms with Crippen LogP contribution in [0.3, 0.4) is 0 Å². The van der Waals surface area contributed by atoms with Crippen molar-refractivity contribution in [2.75, 3.05) is 13.6 Å². The highest BCUT2D eigenvalue weighted by molar-refractivity contribution is 5.98. The van der Waals surface area contributed by atoms with Crippen molar-refractivity contribution in [3.8, 4) is 0 Å². The van der Waals surface area contributed by atoms with Crippen LogP contribution in [0, 0.1) is 0 Å². The first-order chi connectivity index (χ1) is 10.1. The predicted octanol–water partition coefficient (Wildman–Crippen LogP) is 3.40. The maximum absolute atomic E-state index is 12.2. The molecule has 21 heavy (non-hydrogen) atoms. The lowest BCUT2D eigenvalue weighted by molar-refractivity contribution is -0.129. The van der Waals surface area contributed by atoms with Crippen molar-refractivity contribution < 1.29 is 9.59 Å². The Bertz CT molecular complexity index is 522. The number of hydrogen-bond acceptors (Lipinski definition) is 2. The van der Waals surface area contributed by atoms with Gasteiger partial charge in [-0.25, -0.2) is 0 Å². The Hall–Kier alpha value is -1.64. The molecule has 3 heteroatoms. The second kappa shape index (κ2) is 7.39. The summed E-state index contributed by atoms with van der Waals surface area (Å²) >= 11 is 0. The van der Waals surface area contributed by atoms with Crippen LogP contribution >= 0.6 is 0 Å². The second-order valence-corrected chi connectivity index (χ2v) is 5.93. The van der Waals surface area contributed by atoms with Crippen molar-refractivity contribution in [3.05, 3.63) is 34.9 Å². The molecule has 0 heterocycles. The van der Waals surface area contributed by atoms with Gasteiger partial charge in [0.25, 0.3) is 0 Å². The van der Waals surface area contributed by atoms with Gasteiger partial charge in [-0.15, -0.1) is 0 Å². The van der Waals surface area contributed by atoms with Crippen LogP contribution in [0.25, 0.3) is 0 Å². The molecule has 0 radical (unpaired) electrons. The minimum absolute atomic E-state index is 0.0676. The van der Waals surface area contributed by atoms with E-state index < -0.39 is 0 Å². The van der Waals surface area contributed by atoms with Gasteiger partial charge in [0.05, 0.1) is 0 Å². The lowest BCUT2D eigenvalue weighted by Crippen LogP contribution is -2.27. The van der Waals surface area contributed by atoms with E-state index in [4.69, 9.17) is 0 Å². The first kappa shape index (κ1) is 15.7. The predicted molar refractivity (Wildman–Crippen MR) is 84.6 cm³/mol. The Morgan fingerprint density at radius 1 is 1.14 bits per heavy atom. The van der Waals surface area contributed by atoms with E-state index >= 15 is 0 Å². The number of ketones is 1. The fraction of sp³-hybridized carbons (Fsp3) is 0.556. The Kier molecular flexibility index (Phi) is 5.54. The minimum atomic E-state index is 0.0676. The maximum Gasteiger partial charge on any atom is 0.222 e. The number of carbonyl (C=O) groups excluding carboxylic acids is 2. The first-order valence-corrected chi connectivity index (χ1v) is 8.00. The van der Waals surface area contributed by atoms with Gasteiger partial charge >= 0.3 is 0 Å². The van der Waals surface area contributed by atoms with Crippen molar-refractivity contribution in [2.45, 2.75) is 51.9 Å². The fourth-order valence-corrected chi connectivity index (χ4v) is 2.82. The van der Waals surface area contributed by atoms with Gasteiger partial charge < -0.3 is 4.90 Å². The number of Topliss-reactive ketones (excluding diaryl/α,β-unsaturated/α-hetero) is 1. The third-order valence-corrected chi connectivity index (χ3v) is 4.26. The highest BCUT2D eigenvalue weighted by Gasteiger charge is 2.15. The van der Waals surface area contributed by atoms with E-state index in [0.717, 1.165) is 37.8 Å². The van der Waals surface area contributed by atoms with Crippen LogP contribution < -0.4 is 0 Å². The number of rotatable bonds is 7. The van der Waals surface area contributed by atoms with E-state index in [9.17, 15) is 9.59 Å². The van der Waals surface area contributed by atoms with Crippen molar-refractivity contribution in [1.29, 1.82) is 0 Å². The van der Waals surface area contributed by atoms with Gasteiger partial charge in [-0.05, 0) is 42.9 Å². The quantitative estimate of drug-likeness (QED) is 0.721. The van der Waals surface area contributed by atoms with Gasteiger partial charge in [0, 0.05) is 32.0 Å². The molecule has 0 bridgehead atoms. The van der Waals surface area contributed by atoms with E-state index in [1.807, 2.05) is 19.2 Å². The van der Waals surface area contributed by atoms with Crippen molar-refractivity contribution >= 4 is 11.7 Å². The van der Waals surface area contributed by atoms with E-state index in [-0.39, 0.29) is 11.7 Å². The fourth-order valence-electron chi connectivity index (χ4n) is 2.82. The molecular weight excluding hydrogens is 262 g/mol. The van der Waals surface area contributed by atoms with Crippen LogP contribution in [-0.4, -0.2) is 30.2 Å². The SMILES string of the molecule is CCCCN(C)C(=O)CCC(=O)c1ccc2c(c1)CCC2. The van der Waals surface area contributed by atoms with E-state index in [0.29, 0.717) is 12.8 Å². The summed E-state index contributed by atoms with van der Waals surface area (Å²) in [4.78, 5) is 25.9. The molecule has 0 fully saturated rings. The van der Waals surface area contributed by atoms with E-state index in [2.05, 4.69) is 13.0 Å². The summed E-state index contributed by atoms with van der Waals surface area (Å²) in [5.74, 6) is 0.153. The zero-order valence-electron chi connectivity index (χ0n) is 13.2. The van der Waals surface area contributed by atoms with Crippen LogP contribution in [-0.2, 0) is 17.6 Å². The van der Waals surface area contributed by atoms with Crippen molar-refractivity contribution in [1.82, 2.24) is 4.90 Å². The molecule has 2 rings (SSSR count). The maximum atomic E-state index is 12.2. The molecule has 1 aliphatic carbocycles. The van der Waals surface area contributed by atoms with Crippen LogP contribution in [0.5, 0.6) is 0 Å². The number of fused-ring (bicyclic) bond motifs is 1. The van der Waals surface area contributed by atoms with Gasteiger partial charge in [0.15, 0.2) is 5.78 Å². The normalized spacial score (nSPS) is 13.0. The highest BCUT2D eigenvalue weighted by Crippen LogP contribution is 2.23. The first-order valence-electron chi connectivity index (χ1n) is 8.00. The van der Waals surface area contributed by atoms with Crippen LogP contribution in [0.15, 0.2) is 18.2 Å². The minimum Gasteiger partial charge on any atom is -0.346 e. The third kappa shape index (κ3) is 4.16. The molecule has 0 spiro atoms. The molecule has 0 saturated heterocycles. The van der Waals surface area contributed by atoms with Gasteiger partial charge in [-0.3, -0.25) is 9.59 Å². The zero-order valence-corrected chi connectivity index (χ0v) is 13.2. The monoisotopic (exact) mass is 287 g/mol. The number of carbonyl (C=O) groups is 2. The summed E-state index contributed by atoms with van der Waals surface area (Å²) in [5.41, 5.74) is 3.45. The average Bonchev–Trinajstić information content (AvgIpc) is 2.97. The molecule has 0 atom stereocenters. The summed E-state index contributed by atoms with van der Waals surface area (Å²) in [6.07, 6.45) is 6.12. The molecule has 0 aromatic heterocycles. The van der Waals surface area contributed by atoms with E-state index in [1.165, 1.54) is 17.5 Å². The Labute approximate surface area is 127 Å². The molecular formula is C18H25NO2. The van der Waals surface area contributed by atoms with Crippen LogP contribution in [0.4, 0.5) is 0 Å². The topological polar surface area (TPSA) is 37.4 Å². The van der Waals surface area contributed by atoms with Gasteiger partial charge in [-0.1, -0.05) is 25.5 Å². The number of amides is 1. The zero-order chi connectivity index (χ0) is 15.2. The standard InChI is InChI=1S/C18H25NO2/c1-3-4-12-19(2)18(21)11-10-17(20)16-9-8-14-6-5-7-15(14)13-16/h8-9,13H,3-7,10-12H2,1-2H3. The number of benzene rings is 1. The molecule has 3 nitrogen and oxygen atoms in total. The summed E-state index contributed by atoms with van der Waals surface area (Å²) in [7, 11) is 1.82. The molecule has 1 aliphatic rings. The third-order valence-electron chi connectivity index (χ3n) is 4.26. The van der Waals surface area contributed by atoms with Crippen molar-refractivity contribution in [2.24, 2.45) is 0 Å². The number of aryl methyl sites for hydroxylation is 2. The average molecular weight is 287 g/mol. The van der Waals surface area contributed by atoms with Crippen molar-refractivity contribution in [3.63, 3.8) is 0 Å². The molecule has 0 aliphatic heterocycles. The number of hydrogen-bond donors (Lipinski definition) is 0.